The Morgan fingerprint density at radius 3 is 2.23 bits per heavy atom. The van der Waals surface area contributed by atoms with Gasteiger partial charge in [0, 0.05) is 12.1 Å². The van der Waals surface area contributed by atoms with Crippen LogP contribution in [0.5, 0.6) is 11.5 Å². The second-order valence-corrected chi connectivity index (χ2v) is 7.94. The number of nitrogens with zero attached hydrogens (tertiary/aromatic N) is 1. The van der Waals surface area contributed by atoms with E-state index in [0.29, 0.717) is 12.4 Å². The molecule has 172 valence electrons. The number of hydrogen-bond donors (Lipinski definition) is 1. The molecule has 2 aromatic carbocycles. The summed E-state index contributed by atoms with van der Waals surface area (Å²) in [5.41, 5.74) is 1.99. The average Bonchev–Trinajstić information content (AvgIpc) is 2.79. The zero-order valence-corrected chi connectivity index (χ0v) is 19.5. The highest BCUT2D eigenvalue weighted by molar-refractivity contribution is 5.46. The van der Waals surface area contributed by atoms with Gasteiger partial charge in [-0.3, -0.25) is 0 Å². The number of hydrogen-bond acceptors (Lipinski definition) is 4. The van der Waals surface area contributed by atoms with E-state index < -0.39 is 0 Å². The molecule has 5 heteroatoms. The fourth-order valence-electron chi connectivity index (χ4n) is 3.51. The molecule has 4 nitrogen and oxygen atoms in total. The van der Waals surface area contributed by atoms with Crippen molar-refractivity contribution in [2.75, 3.05) is 33.3 Å². The molecule has 0 amide bonds. The number of nitrogens with one attached hydrogen (secondary N) is 1. The van der Waals surface area contributed by atoms with Crippen molar-refractivity contribution in [1.82, 2.24) is 10.2 Å². The van der Waals surface area contributed by atoms with Crippen LogP contribution < -0.4 is 14.8 Å². The van der Waals surface area contributed by atoms with Crippen LogP contribution in [-0.4, -0.2) is 38.2 Å². The SMILES string of the molecule is CCCCN(CCCC)CCCNCc1cccc(OC)c1OCc1ccc(F)cc1. The third-order valence-corrected chi connectivity index (χ3v) is 5.38. The highest BCUT2D eigenvalue weighted by atomic mass is 19.1. The maximum atomic E-state index is 13.1. The van der Waals surface area contributed by atoms with E-state index in [9.17, 15) is 4.39 Å². The molecule has 0 saturated carbocycles. The predicted octanol–water partition coefficient (Wildman–Crippen LogP) is 5.80. The van der Waals surface area contributed by atoms with Gasteiger partial charge in [0.25, 0.3) is 0 Å². The summed E-state index contributed by atoms with van der Waals surface area (Å²) >= 11 is 0. The van der Waals surface area contributed by atoms with Gasteiger partial charge < -0.3 is 19.7 Å². The van der Waals surface area contributed by atoms with Gasteiger partial charge >= 0.3 is 0 Å². The van der Waals surface area contributed by atoms with Gasteiger partial charge in [0.1, 0.15) is 12.4 Å². The number of ether oxygens (including phenoxy) is 2. The Hall–Kier alpha value is -2.11. The lowest BCUT2D eigenvalue weighted by Gasteiger charge is -2.22. The molecule has 1 N–H and O–H groups in total. The molecule has 0 fully saturated rings. The van der Waals surface area contributed by atoms with E-state index in [4.69, 9.17) is 9.47 Å². The molecule has 0 aliphatic rings. The maximum absolute atomic E-state index is 13.1. The zero-order chi connectivity index (χ0) is 22.3. The summed E-state index contributed by atoms with van der Waals surface area (Å²) in [4.78, 5) is 2.59. The van der Waals surface area contributed by atoms with E-state index >= 15 is 0 Å². The standard InChI is InChI=1S/C26H39FN2O2/c1-4-6-17-29(18-7-5-2)19-9-16-28-20-23-10-8-11-25(30-3)26(23)31-21-22-12-14-24(27)15-13-22/h8,10-15,28H,4-7,9,16-21H2,1-3H3. The van der Waals surface area contributed by atoms with Crippen molar-refractivity contribution in [1.29, 1.82) is 0 Å². The van der Waals surface area contributed by atoms with Crippen LogP contribution in [0.3, 0.4) is 0 Å². The fraction of sp³-hybridized carbons (Fsp3) is 0.538. The molecule has 0 atom stereocenters. The van der Waals surface area contributed by atoms with E-state index in [2.05, 4.69) is 30.1 Å². The summed E-state index contributed by atoms with van der Waals surface area (Å²) in [5.74, 6) is 1.22. The lowest BCUT2D eigenvalue weighted by atomic mass is 10.1. The summed E-state index contributed by atoms with van der Waals surface area (Å²) in [6.07, 6.45) is 6.17. The molecule has 0 unspecified atom stereocenters. The summed E-state index contributed by atoms with van der Waals surface area (Å²) in [7, 11) is 1.65. The van der Waals surface area contributed by atoms with Crippen molar-refractivity contribution >= 4 is 0 Å². The topological polar surface area (TPSA) is 33.7 Å². The first-order chi connectivity index (χ1) is 15.2. The van der Waals surface area contributed by atoms with Crippen molar-refractivity contribution < 1.29 is 13.9 Å². The number of unbranched alkanes of at least 4 members (excludes halogenated alkanes) is 2. The van der Waals surface area contributed by atoms with Crippen LogP contribution in [0.1, 0.15) is 57.1 Å². The second kappa shape index (κ2) is 14.8. The summed E-state index contributed by atoms with van der Waals surface area (Å²) in [6.45, 7) is 10.1. The first-order valence-corrected chi connectivity index (χ1v) is 11.6. The predicted molar refractivity (Wildman–Crippen MR) is 126 cm³/mol. The Morgan fingerprint density at radius 2 is 1.58 bits per heavy atom. The van der Waals surface area contributed by atoms with Gasteiger partial charge in [-0.05, 0) is 69.2 Å². The molecule has 0 bridgehead atoms. The number of benzene rings is 2. The average molecular weight is 431 g/mol. The third-order valence-electron chi connectivity index (χ3n) is 5.38. The van der Waals surface area contributed by atoms with Crippen LogP contribution in [0, 0.1) is 5.82 Å². The number of para-hydroxylation sites is 1. The van der Waals surface area contributed by atoms with Crippen LogP contribution in [0.15, 0.2) is 42.5 Å². The third kappa shape index (κ3) is 9.28. The van der Waals surface area contributed by atoms with Crippen LogP contribution in [0.4, 0.5) is 4.39 Å². The number of methoxy groups -OCH3 is 1. The van der Waals surface area contributed by atoms with Gasteiger partial charge in [0.05, 0.1) is 7.11 Å². The van der Waals surface area contributed by atoms with Gasteiger partial charge in [0.15, 0.2) is 11.5 Å². The molecule has 0 aromatic heterocycles. The van der Waals surface area contributed by atoms with Crippen molar-refractivity contribution in [3.8, 4) is 11.5 Å². The largest absolute Gasteiger partial charge is 0.493 e. The molecule has 31 heavy (non-hydrogen) atoms. The van der Waals surface area contributed by atoms with Gasteiger partial charge in [-0.1, -0.05) is 51.0 Å². The molecule has 0 aliphatic heterocycles. The molecular formula is C26H39FN2O2. The highest BCUT2D eigenvalue weighted by Crippen LogP contribution is 2.31. The lowest BCUT2D eigenvalue weighted by Crippen LogP contribution is -2.29. The van der Waals surface area contributed by atoms with Gasteiger partial charge in [-0.2, -0.15) is 0 Å². The minimum Gasteiger partial charge on any atom is -0.493 e. The van der Waals surface area contributed by atoms with E-state index in [1.165, 1.54) is 50.9 Å². The monoisotopic (exact) mass is 430 g/mol. The van der Waals surface area contributed by atoms with Gasteiger partial charge in [-0.25, -0.2) is 4.39 Å². The molecule has 0 saturated heterocycles. The van der Waals surface area contributed by atoms with E-state index in [-0.39, 0.29) is 5.82 Å². The molecule has 0 radical (unpaired) electrons. The minimum atomic E-state index is -0.242. The first-order valence-electron chi connectivity index (χ1n) is 11.6. The molecule has 0 heterocycles. The highest BCUT2D eigenvalue weighted by Gasteiger charge is 2.11. The molecule has 0 aliphatic carbocycles. The van der Waals surface area contributed by atoms with E-state index in [0.717, 1.165) is 42.9 Å². The fourth-order valence-corrected chi connectivity index (χ4v) is 3.51. The Labute approximate surface area is 187 Å². The second-order valence-electron chi connectivity index (χ2n) is 7.94. The molecular weight excluding hydrogens is 391 g/mol. The molecule has 0 spiro atoms. The Morgan fingerprint density at radius 1 is 0.903 bits per heavy atom. The van der Waals surface area contributed by atoms with Crippen LogP contribution in [0.25, 0.3) is 0 Å². The normalized spacial score (nSPS) is 11.1. The molecule has 2 aromatic rings. The number of rotatable bonds is 16. The summed E-state index contributed by atoms with van der Waals surface area (Å²) < 4.78 is 24.7. The Kier molecular flexibility index (Phi) is 12.0. The van der Waals surface area contributed by atoms with Gasteiger partial charge in [0.2, 0.25) is 0 Å². The summed E-state index contributed by atoms with van der Waals surface area (Å²) in [5, 5.41) is 3.55. The van der Waals surface area contributed by atoms with Crippen molar-refractivity contribution in [2.24, 2.45) is 0 Å². The van der Waals surface area contributed by atoms with E-state index in [1.54, 1.807) is 19.2 Å². The Bertz CT molecular complexity index is 729. The smallest absolute Gasteiger partial charge is 0.166 e. The minimum absolute atomic E-state index is 0.242. The number of halogens is 1. The van der Waals surface area contributed by atoms with E-state index in [1.807, 2.05) is 12.1 Å². The van der Waals surface area contributed by atoms with Crippen molar-refractivity contribution in [2.45, 2.75) is 59.1 Å². The van der Waals surface area contributed by atoms with Crippen LogP contribution in [0.2, 0.25) is 0 Å². The Balaban J connectivity index is 1.85. The first kappa shape index (κ1) is 25.2. The lowest BCUT2D eigenvalue weighted by molar-refractivity contribution is 0.260. The van der Waals surface area contributed by atoms with Crippen LogP contribution in [-0.2, 0) is 13.2 Å². The zero-order valence-electron chi connectivity index (χ0n) is 19.5. The van der Waals surface area contributed by atoms with Crippen LogP contribution >= 0.6 is 0 Å². The van der Waals surface area contributed by atoms with Gasteiger partial charge in [-0.15, -0.1) is 0 Å². The van der Waals surface area contributed by atoms with Crippen molar-refractivity contribution in [3.63, 3.8) is 0 Å². The maximum Gasteiger partial charge on any atom is 0.166 e. The summed E-state index contributed by atoms with van der Waals surface area (Å²) in [6, 6.07) is 12.3. The molecule has 2 rings (SSSR count). The quantitative estimate of drug-likeness (QED) is 0.342. The van der Waals surface area contributed by atoms with Crippen molar-refractivity contribution in [3.05, 3.63) is 59.4 Å².